The standard InChI is InChI=1S/C16H15NO/c1-11-12-7-3-4-8-13(12)14-9-5-6-10-15(14)17(2)16(11)18/h3-11H,1-2H3/t11-/m1/s1. The summed E-state index contributed by atoms with van der Waals surface area (Å²) in [7, 11) is 1.85. The van der Waals surface area contributed by atoms with Gasteiger partial charge in [0.2, 0.25) is 5.91 Å². The van der Waals surface area contributed by atoms with E-state index in [1.54, 1.807) is 4.90 Å². The van der Waals surface area contributed by atoms with Crippen LogP contribution in [-0.2, 0) is 4.79 Å². The lowest BCUT2D eigenvalue weighted by Gasteiger charge is -2.19. The number of likely N-dealkylation sites (N-methyl/N-ethyl adjacent to an activating group) is 1. The smallest absolute Gasteiger partial charge is 0.234 e. The fraction of sp³-hybridized carbons (Fsp3) is 0.188. The average molecular weight is 237 g/mol. The molecule has 3 rings (SSSR count). The molecular weight excluding hydrogens is 222 g/mol. The first kappa shape index (κ1) is 11.0. The highest BCUT2D eigenvalue weighted by Crippen LogP contribution is 2.39. The van der Waals surface area contributed by atoms with E-state index in [2.05, 4.69) is 12.1 Å². The number of fused-ring (bicyclic) bond motifs is 3. The Labute approximate surface area is 107 Å². The molecule has 0 aromatic heterocycles. The van der Waals surface area contributed by atoms with Crippen molar-refractivity contribution in [3.8, 4) is 11.1 Å². The maximum absolute atomic E-state index is 12.4. The summed E-state index contributed by atoms with van der Waals surface area (Å²) in [5, 5.41) is 0. The monoisotopic (exact) mass is 237 g/mol. The van der Waals surface area contributed by atoms with Crippen molar-refractivity contribution in [1.29, 1.82) is 0 Å². The Hall–Kier alpha value is -2.09. The Morgan fingerprint density at radius 2 is 1.56 bits per heavy atom. The van der Waals surface area contributed by atoms with Crippen LogP contribution >= 0.6 is 0 Å². The minimum Gasteiger partial charge on any atom is -0.314 e. The van der Waals surface area contributed by atoms with Gasteiger partial charge in [-0.2, -0.15) is 0 Å². The molecule has 0 saturated heterocycles. The average Bonchev–Trinajstić information content (AvgIpc) is 2.51. The first-order valence-electron chi connectivity index (χ1n) is 6.16. The molecule has 2 heteroatoms. The summed E-state index contributed by atoms with van der Waals surface area (Å²) in [4.78, 5) is 14.2. The van der Waals surface area contributed by atoms with E-state index in [0.717, 1.165) is 16.8 Å². The van der Waals surface area contributed by atoms with E-state index < -0.39 is 0 Å². The van der Waals surface area contributed by atoms with Crippen molar-refractivity contribution < 1.29 is 4.79 Å². The molecule has 0 N–H and O–H groups in total. The second-order valence-electron chi connectivity index (χ2n) is 4.72. The van der Waals surface area contributed by atoms with E-state index in [1.807, 2.05) is 50.4 Å². The number of carbonyl (C=O) groups is 1. The number of hydrogen-bond donors (Lipinski definition) is 0. The van der Waals surface area contributed by atoms with Crippen molar-refractivity contribution in [3.63, 3.8) is 0 Å². The second-order valence-corrected chi connectivity index (χ2v) is 4.72. The third-order valence-corrected chi connectivity index (χ3v) is 3.68. The van der Waals surface area contributed by atoms with E-state index in [1.165, 1.54) is 5.56 Å². The van der Waals surface area contributed by atoms with Crippen LogP contribution in [0.3, 0.4) is 0 Å². The minimum atomic E-state index is -0.0985. The Morgan fingerprint density at radius 1 is 0.944 bits per heavy atom. The van der Waals surface area contributed by atoms with Gasteiger partial charge in [-0.25, -0.2) is 0 Å². The van der Waals surface area contributed by atoms with E-state index in [4.69, 9.17) is 0 Å². The van der Waals surface area contributed by atoms with Crippen molar-refractivity contribution in [3.05, 3.63) is 54.1 Å². The van der Waals surface area contributed by atoms with Gasteiger partial charge in [-0.1, -0.05) is 42.5 Å². The van der Waals surface area contributed by atoms with Gasteiger partial charge in [-0.15, -0.1) is 0 Å². The molecule has 0 radical (unpaired) electrons. The second kappa shape index (κ2) is 3.98. The van der Waals surface area contributed by atoms with Crippen molar-refractivity contribution in [2.75, 3.05) is 11.9 Å². The molecule has 2 aromatic carbocycles. The number of para-hydroxylation sites is 1. The molecule has 2 nitrogen and oxygen atoms in total. The number of carbonyl (C=O) groups excluding carboxylic acids is 1. The van der Waals surface area contributed by atoms with Gasteiger partial charge in [0.15, 0.2) is 0 Å². The summed E-state index contributed by atoms with van der Waals surface area (Å²) < 4.78 is 0. The van der Waals surface area contributed by atoms with Gasteiger partial charge in [0, 0.05) is 12.6 Å². The van der Waals surface area contributed by atoms with Crippen LogP contribution in [0.1, 0.15) is 18.4 Å². The molecule has 18 heavy (non-hydrogen) atoms. The predicted molar refractivity (Wildman–Crippen MR) is 73.7 cm³/mol. The van der Waals surface area contributed by atoms with Gasteiger partial charge in [-0.3, -0.25) is 4.79 Å². The van der Waals surface area contributed by atoms with Crippen molar-refractivity contribution in [2.45, 2.75) is 12.8 Å². The van der Waals surface area contributed by atoms with Gasteiger partial charge in [0.1, 0.15) is 0 Å². The molecule has 0 spiro atoms. The first-order chi connectivity index (χ1) is 8.70. The lowest BCUT2D eigenvalue weighted by Crippen LogP contribution is -2.29. The number of hydrogen-bond acceptors (Lipinski definition) is 1. The van der Waals surface area contributed by atoms with Crippen LogP contribution in [-0.4, -0.2) is 13.0 Å². The number of nitrogens with zero attached hydrogens (tertiary/aromatic N) is 1. The number of anilines is 1. The molecule has 0 unspecified atom stereocenters. The minimum absolute atomic E-state index is 0.0985. The van der Waals surface area contributed by atoms with Gasteiger partial charge < -0.3 is 4.90 Å². The van der Waals surface area contributed by atoms with E-state index in [-0.39, 0.29) is 11.8 Å². The fourth-order valence-electron chi connectivity index (χ4n) is 2.66. The summed E-state index contributed by atoms with van der Waals surface area (Å²) >= 11 is 0. The molecule has 0 saturated carbocycles. The summed E-state index contributed by atoms with van der Waals surface area (Å²) in [6.45, 7) is 1.98. The Kier molecular flexibility index (Phi) is 2.44. The zero-order chi connectivity index (χ0) is 12.7. The van der Waals surface area contributed by atoms with E-state index in [9.17, 15) is 4.79 Å². The molecule has 0 fully saturated rings. The predicted octanol–water partition coefficient (Wildman–Crippen LogP) is 3.43. The highest BCUT2D eigenvalue weighted by Gasteiger charge is 2.28. The largest absolute Gasteiger partial charge is 0.314 e. The highest BCUT2D eigenvalue weighted by molar-refractivity contribution is 6.04. The summed E-state index contributed by atoms with van der Waals surface area (Å²) in [6.07, 6.45) is 0. The third kappa shape index (κ3) is 1.46. The topological polar surface area (TPSA) is 20.3 Å². The van der Waals surface area contributed by atoms with E-state index >= 15 is 0 Å². The molecule has 1 atom stereocenters. The lowest BCUT2D eigenvalue weighted by atomic mass is 9.92. The zero-order valence-corrected chi connectivity index (χ0v) is 10.6. The van der Waals surface area contributed by atoms with Crippen molar-refractivity contribution in [2.24, 2.45) is 0 Å². The van der Waals surface area contributed by atoms with Crippen LogP contribution in [0.15, 0.2) is 48.5 Å². The quantitative estimate of drug-likeness (QED) is 0.687. The Morgan fingerprint density at radius 3 is 2.33 bits per heavy atom. The molecule has 0 bridgehead atoms. The van der Waals surface area contributed by atoms with Gasteiger partial charge in [-0.05, 0) is 24.1 Å². The van der Waals surface area contributed by atoms with Gasteiger partial charge in [0.25, 0.3) is 0 Å². The molecule has 90 valence electrons. The SMILES string of the molecule is C[C@H]1C(=O)N(C)c2ccccc2-c2ccccc21. The zero-order valence-electron chi connectivity index (χ0n) is 10.6. The van der Waals surface area contributed by atoms with Gasteiger partial charge >= 0.3 is 0 Å². The number of amides is 1. The van der Waals surface area contributed by atoms with Crippen LogP contribution < -0.4 is 4.90 Å². The van der Waals surface area contributed by atoms with Crippen molar-refractivity contribution in [1.82, 2.24) is 0 Å². The lowest BCUT2D eigenvalue weighted by molar-refractivity contribution is -0.119. The Bertz CT molecular complexity index is 564. The number of rotatable bonds is 0. The van der Waals surface area contributed by atoms with Crippen LogP contribution in [0.5, 0.6) is 0 Å². The molecule has 1 aliphatic heterocycles. The van der Waals surface area contributed by atoms with Crippen LogP contribution in [0.2, 0.25) is 0 Å². The van der Waals surface area contributed by atoms with Crippen LogP contribution in [0.25, 0.3) is 11.1 Å². The van der Waals surface area contributed by atoms with Crippen LogP contribution in [0.4, 0.5) is 5.69 Å². The normalized spacial score (nSPS) is 18.0. The molecule has 0 aliphatic carbocycles. The molecule has 2 aromatic rings. The summed E-state index contributed by atoms with van der Waals surface area (Å²) in [6, 6.07) is 16.2. The maximum Gasteiger partial charge on any atom is 0.234 e. The molecule has 1 heterocycles. The Balaban J connectivity index is 2.36. The number of benzene rings is 2. The molecular formula is C16H15NO. The van der Waals surface area contributed by atoms with Gasteiger partial charge in [0.05, 0.1) is 11.6 Å². The summed E-state index contributed by atoms with van der Waals surface area (Å²) in [5.41, 5.74) is 4.39. The molecule has 1 aliphatic rings. The fourth-order valence-corrected chi connectivity index (χ4v) is 2.66. The van der Waals surface area contributed by atoms with Crippen LogP contribution in [0, 0.1) is 0 Å². The first-order valence-corrected chi connectivity index (χ1v) is 6.16. The highest BCUT2D eigenvalue weighted by atomic mass is 16.2. The summed E-state index contributed by atoms with van der Waals surface area (Å²) in [5.74, 6) is 0.0472. The maximum atomic E-state index is 12.4. The third-order valence-electron chi connectivity index (χ3n) is 3.68. The molecule has 1 amide bonds. The van der Waals surface area contributed by atoms with E-state index in [0.29, 0.717) is 0 Å². The van der Waals surface area contributed by atoms with Crippen molar-refractivity contribution >= 4 is 11.6 Å².